The van der Waals surface area contributed by atoms with E-state index in [4.69, 9.17) is 11.6 Å². The first-order valence-corrected chi connectivity index (χ1v) is 11.3. The molecule has 0 fully saturated rings. The van der Waals surface area contributed by atoms with Crippen LogP contribution in [0.1, 0.15) is 29.1 Å². The standard InChI is InChI=1S/C15H16ClN7O2S2/c1-9(21-14(24)10-4-12(16)26-7-10)13-19-8-20-23(13)15-17-5-11(6-18-15)22-27(2,3)25/h4-9H,1-3H3,(H,21,24)/t9-/m0/s1. The predicted molar refractivity (Wildman–Crippen MR) is 104 cm³/mol. The number of carbonyl (C=O) groups is 1. The number of hydrogen-bond donors (Lipinski definition) is 1. The van der Waals surface area contributed by atoms with Crippen molar-refractivity contribution in [3.63, 3.8) is 0 Å². The maximum atomic E-state index is 12.3. The Morgan fingerprint density at radius 1 is 1.33 bits per heavy atom. The van der Waals surface area contributed by atoms with Crippen LogP contribution >= 0.6 is 22.9 Å². The average molecular weight is 426 g/mol. The van der Waals surface area contributed by atoms with Crippen LogP contribution < -0.4 is 5.32 Å². The Balaban J connectivity index is 1.81. The summed E-state index contributed by atoms with van der Waals surface area (Å²) in [7, 11) is -2.30. The van der Waals surface area contributed by atoms with Crippen molar-refractivity contribution in [2.24, 2.45) is 4.36 Å². The Kier molecular flexibility index (Phi) is 5.53. The van der Waals surface area contributed by atoms with Crippen molar-refractivity contribution in [2.75, 3.05) is 12.5 Å². The van der Waals surface area contributed by atoms with E-state index in [9.17, 15) is 9.00 Å². The van der Waals surface area contributed by atoms with E-state index in [0.29, 0.717) is 21.4 Å². The highest BCUT2D eigenvalue weighted by Crippen LogP contribution is 2.21. The molecular weight excluding hydrogens is 410 g/mol. The van der Waals surface area contributed by atoms with E-state index < -0.39 is 15.8 Å². The number of amides is 1. The molecule has 0 unspecified atom stereocenters. The van der Waals surface area contributed by atoms with Crippen LogP contribution in [0.5, 0.6) is 0 Å². The number of nitrogens with one attached hydrogen (secondary N) is 1. The van der Waals surface area contributed by atoms with Crippen molar-refractivity contribution in [1.29, 1.82) is 0 Å². The van der Waals surface area contributed by atoms with Gasteiger partial charge >= 0.3 is 0 Å². The molecule has 0 saturated heterocycles. The predicted octanol–water partition coefficient (Wildman–Crippen LogP) is 2.62. The first-order valence-electron chi connectivity index (χ1n) is 7.67. The van der Waals surface area contributed by atoms with E-state index >= 15 is 0 Å². The molecule has 9 nitrogen and oxygen atoms in total. The van der Waals surface area contributed by atoms with Crippen molar-refractivity contribution >= 4 is 44.3 Å². The fourth-order valence-electron chi connectivity index (χ4n) is 2.20. The van der Waals surface area contributed by atoms with Crippen LogP contribution in [0.3, 0.4) is 0 Å². The Hall–Kier alpha value is -2.37. The molecular formula is C15H16ClN7O2S2. The van der Waals surface area contributed by atoms with Crippen LogP contribution in [-0.2, 0) is 9.73 Å². The molecule has 0 aliphatic heterocycles. The highest BCUT2D eigenvalue weighted by atomic mass is 35.5. The number of nitrogens with zero attached hydrogens (tertiary/aromatic N) is 6. The summed E-state index contributed by atoms with van der Waals surface area (Å²) in [6.07, 6.45) is 7.32. The number of thiophene rings is 1. The van der Waals surface area contributed by atoms with Crippen LogP contribution in [0.15, 0.2) is 34.5 Å². The molecule has 0 spiro atoms. The Bertz CT molecular complexity index is 1080. The van der Waals surface area contributed by atoms with Crippen LogP contribution in [0.4, 0.5) is 5.69 Å². The van der Waals surface area contributed by atoms with Gasteiger partial charge in [-0.25, -0.2) is 19.2 Å². The smallest absolute Gasteiger partial charge is 0.252 e. The zero-order valence-corrected chi connectivity index (χ0v) is 17.0. The fourth-order valence-corrected chi connectivity index (χ4v) is 3.66. The zero-order chi connectivity index (χ0) is 19.6. The molecule has 1 N–H and O–H groups in total. The quantitative estimate of drug-likeness (QED) is 0.671. The summed E-state index contributed by atoms with van der Waals surface area (Å²) in [5.74, 6) is 0.458. The zero-order valence-electron chi connectivity index (χ0n) is 14.7. The molecule has 0 bridgehead atoms. The summed E-state index contributed by atoms with van der Waals surface area (Å²) in [5.41, 5.74) is 0.888. The molecule has 1 atom stereocenters. The van der Waals surface area contributed by atoms with Gasteiger partial charge in [0.2, 0.25) is 0 Å². The van der Waals surface area contributed by atoms with Gasteiger partial charge in [-0.3, -0.25) is 4.79 Å². The normalized spacial score (nSPS) is 12.6. The molecule has 0 aromatic carbocycles. The first kappa shape index (κ1) is 19.4. The number of carbonyl (C=O) groups excluding carboxylic acids is 1. The minimum Gasteiger partial charge on any atom is -0.342 e. The van der Waals surface area contributed by atoms with E-state index in [0.717, 1.165) is 0 Å². The largest absolute Gasteiger partial charge is 0.342 e. The van der Waals surface area contributed by atoms with Crippen LogP contribution in [-0.4, -0.2) is 47.4 Å². The van der Waals surface area contributed by atoms with Crippen molar-refractivity contribution in [1.82, 2.24) is 30.0 Å². The molecule has 1 amide bonds. The lowest BCUT2D eigenvalue weighted by Gasteiger charge is -2.13. The molecule has 3 heterocycles. The average Bonchev–Trinajstić information content (AvgIpc) is 3.23. The van der Waals surface area contributed by atoms with E-state index in [1.54, 1.807) is 18.4 Å². The Morgan fingerprint density at radius 3 is 2.63 bits per heavy atom. The summed E-state index contributed by atoms with van der Waals surface area (Å²) < 4.78 is 17.7. The third-order valence-electron chi connectivity index (χ3n) is 3.28. The number of rotatable bonds is 5. The van der Waals surface area contributed by atoms with Crippen LogP contribution in [0, 0.1) is 0 Å². The number of aromatic nitrogens is 5. The summed E-state index contributed by atoms with van der Waals surface area (Å²) >= 11 is 7.15. The van der Waals surface area contributed by atoms with Crippen molar-refractivity contribution in [3.8, 4) is 5.95 Å². The molecule has 27 heavy (non-hydrogen) atoms. The van der Waals surface area contributed by atoms with E-state index in [1.165, 1.54) is 47.3 Å². The summed E-state index contributed by atoms with van der Waals surface area (Å²) in [4.78, 5) is 24.9. The maximum absolute atomic E-state index is 12.3. The lowest BCUT2D eigenvalue weighted by molar-refractivity contribution is 0.0938. The molecule has 0 aliphatic rings. The van der Waals surface area contributed by atoms with Gasteiger partial charge in [-0.2, -0.15) is 14.1 Å². The third-order valence-corrected chi connectivity index (χ3v) is 5.02. The fraction of sp³-hybridized carbons (Fsp3) is 0.267. The molecule has 12 heteroatoms. The third kappa shape index (κ3) is 4.87. The van der Waals surface area contributed by atoms with Gasteiger partial charge in [0.1, 0.15) is 12.0 Å². The molecule has 3 aromatic heterocycles. The topological polar surface area (TPSA) is 115 Å². The second-order valence-electron chi connectivity index (χ2n) is 5.88. The van der Waals surface area contributed by atoms with Gasteiger partial charge in [-0.05, 0) is 13.0 Å². The number of halogens is 1. The summed E-state index contributed by atoms with van der Waals surface area (Å²) in [6, 6.07) is 1.15. The lowest BCUT2D eigenvalue weighted by atomic mass is 10.2. The molecule has 3 aromatic rings. The Morgan fingerprint density at radius 2 is 2.04 bits per heavy atom. The number of hydrogen-bond acceptors (Lipinski definition) is 8. The second-order valence-corrected chi connectivity index (χ2v) is 9.97. The van der Waals surface area contributed by atoms with E-state index in [-0.39, 0.29) is 11.9 Å². The van der Waals surface area contributed by atoms with Crippen molar-refractivity contribution < 1.29 is 9.00 Å². The van der Waals surface area contributed by atoms with Crippen molar-refractivity contribution in [3.05, 3.63) is 45.9 Å². The van der Waals surface area contributed by atoms with Gasteiger partial charge in [0.05, 0.1) is 28.3 Å². The van der Waals surface area contributed by atoms with Gasteiger partial charge in [0.15, 0.2) is 5.82 Å². The highest BCUT2D eigenvalue weighted by molar-refractivity contribution is 7.92. The van der Waals surface area contributed by atoms with E-state index in [1.807, 2.05) is 0 Å². The monoisotopic (exact) mass is 425 g/mol. The van der Waals surface area contributed by atoms with Gasteiger partial charge < -0.3 is 5.32 Å². The van der Waals surface area contributed by atoms with Gasteiger partial charge in [0, 0.05) is 27.6 Å². The van der Waals surface area contributed by atoms with Crippen molar-refractivity contribution in [2.45, 2.75) is 13.0 Å². The van der Waals surface area contributed by atoms with Crippen LogP contribution in [0.2, 0.25) is 4.34 Å². The molecule has 0 aliphatic carbocycles. The van der Waals surface area contributed by atoms with Gasteiger partial charge in [-0.15, -0.1) is 11.3 Å². The summed E-state index contributed by atoms with van der Waals surface area (Å²) in [5, 5.41) is 8.64. The van der Waals surface area contributed by atoms with Gasteiger partial charge in [-0.1, -0.05) is 11.6 Å². The first-order chi connectivity index (χ1) is 12.7. The minimum atomic E-state index is -2.30. The SMILES string of the molecule is C[C@H](NC(=O)c1csc(Cl)c1)c1ncnn1-c1ncc(N=S(C)(C)=O)cn1. The summed E-state index contributed by atoms with van der Waals surface area (Å²) in [6.45, 7) is 1.78. The highest BCUT2D eigenvalue weighted by Gasteiger charge is 2.19. The van der Waals surface area contributed by atoms with Gasteiger partial charge in [0.25, 0.3) is 11.9 Å². The molecule has 0 saturated carbocycles. The second kappa shape index (κ2) is 7.71. The molecule has 3 rings (SSSR count). The Labute approximate surface area is 165 Å². The molecule has 142 valence electrons. The minimum absolute atomic E-state index is 0.264. The lowest BCUT2D eigenvalue weighted by Crippen LogP contribution is -2.28. The van der Waals surface area contributed by atoms with Crippen LogP contribution in [0.25, 0.3) is 5.95 Å². The molecule has 0 radical (unpaired) electrons. The van der Waals surface area contributed by atoms with E-state index in [2.05, 4.69) is 29.7 Å². The maximum Gasteiger partial charge on any atom is 0.252 e.